The van der Waals surface area contributed by atoms with Crippen molar-refractivity contribution >= 4 is 10.9 Å². The molecule has 1 heterocycles. The maximum absolute atomic E-state index is 3.29. The molecular weight excluding hydrogens is 247 g/mol. The number of hydrogen-bond donors (Lipinski definition) is 2. The summed E-state index contributed by atoms with van der Waals surface area (Å²) in [5.41, 5.74) is 2.62. The number of hydrogen-bond acceptors (Lipinski definition) is 1. The summed E-state index contributed by atoms with van der Waals surface area (Å²) in [7, 11) is 2.00. The van der Waals surface area contributed by atoms with E-state index in [-0.39, 0.29) is 18.6 Å². The van der Waals surface area contributed by atoms with Crippen LogP contribution in [0.1, 0.15) is 26.3 Å². The molecule has 17 heavy (non-hydrogen) atoms. The molecule has 2 N–H and O–H groups in total. The number of rotatable bonds is 3. The van der Waals surface area contributed by atoms with Crippen molar-refractivity contribution in [1.82, 2.24) is 10.3 Å². The average molecular weight is 269 g/mol. The molecule has 0 aliphatic carbocycles. The van der Waals surface area contributed by atoms with Crippen molar-refractivity contribution in [2.45, 2.75) is 33.2 Å². The Balaban J connectivity index is 0.000000811. The predicted octanol–water partition coefficient (Wildman–Crippen LogP) is 3.34. The van der Waals surface area contributed by atoms with Crippen molar-refractivity contribution in [1.29, 1.82) is 0 Å². The third kappa shape index (κ3) is 4.23. The number of H-pyrrole nitrogens is 1. The van der Waals surface area contributed by atoms with E-state index in [9.17, 15) is 0 Å². The van der Waals surface area contributed by atoms with Gasteiger partial charge < -0.3 is 10.3 Å². The van der Waals surface area contributed by atoms with Gasteiger partial charge in [0, 0.05) is 41.7 Å². The topological polar surface area (TPSA) is 27.8 Å². The number of aromatic nitrogens is 1. The van der Waals surface area contributed by atoms with Crippen LogP contribution in [0.25, 0.3) is 10.9 Å². The molecule has 1 aromatic heterocycles. The van der Waals surface area contributed by atoms with Gasteiger partial charge in [0.1, 0.15) is 0 Å². The van der Waals surface area contributed by atoms with Crippen LogP contribution in [-0.4, -0.2) is 18.1 Å². The van der Waals surface area contributed by atoms with Gasteiger partial charge in [0.25, 0.3) is 0 Å². The summed E-state index contributed by atoms with van der Waals surface area (Å²) in [4.78, 5) is 3.29. The minimum absolute atomic E-state index is 0. The largest absolute Gasteiger partial charge is 0.361 e. The van der Waals surface area contributed by atoms with Gasteiger partial charge in [0.2, 0.25) is 0 Å². The van der Waals surface area contributed by atoms with Crippen LogP contribution in [-0.2, 0) is 25.0 Å². The van der Waals surface area contributed by atoms with E-state index in [0.29, 0.717) is 6.04 Å². The van der Waals surface area contributed by atoms with Crippen molar-refractivity contribution in [2.75, 3.05) is 7.05 Å². The quantitative estimate of drug-likeness (QED) is 0.878. The van der Waals surface area contributed by atoms with Crippen molar-refractivity contribution < 1.29 is 18.6 Å². The monoisotopic (exact) mass is 269 g/mol. The second-order valence-corrected chi connectivity index (χ2v) is 3.75. The molecule has 1 aromatic carbocycles. The van der Waals surface area contributed by atoms with Gasteiger partial charge in [0.05, 0.1) is 0 Å². The number of nitrogens with one attached hydrogen (secondary N) is 2. The molecule has 0 amide bonds. The van der Waals surface area contributed by atoms with Crippen molar-refractivity contribution in [3.8, 4) is 0 Å². The first-order chi connectivity index (χ1) is 7.81. The number of benzene rings is 1. The molecule has 0 saturated heterocycles. The molecule has 0 saturated carbocycles. The molecule has 2 rings (SSSR count). The van der Waals surface area contributed by atoms with E-state index < -0.39 is 0 Å². The molecule has 3 heteroatoms. The van der Waals surface area contributed by atoms with Gasteiger partial charge in [-0.3, -0.25) is 0 Å². The molecule has 2 nitrogen and oxygen atoms in total. The summed E-state index contributed by atoms with van der Waals surface area (Å²) in [6.45, 7) is 6.20. The Morgan fingerprint density at radius 3 is 2.53 bits per heavy atom. The summed E-state index contributed by atoms with van der Waals surface area (Å²) < 4.78 is 0. The normalized spacial score (nSPS) is 11.3. The van der Waals surface area contributed by atoms with Crippen LogP contribution < -0.4 is 5.32 Å². The average Bonchev–Trinajstić information content (AvgIpc) is 2.75. The number of para-hydroxylation sites is 1. The molecule has 93 valence electrons. The predicted molar refractivity (Wildman–Crippen MR) is 71.9 cm³/mol. The molecule has 0 aliphatic heterocycles. The first-order valence-corrected chi connectivity index (χ1v) is 6.03. The summed E-state index contributed by atoms with van der Waals surface area (Å²) in [5.74, 6) is 0. The maximum atomic E-state index is 3.29. The van der Waals surface area contributed by atoms with Gasteiger partial charge in [-0.1, -0.05) is 32.0 Å². The Bertz CT molecular complexity index is 423. The van der Waals surface area contributed by atoms with E-state index in [1.54, 1.807) is 0 Å². The molecule has 1 atom stereocenters. The molecule has 0 spiro atoms. The SMILES string of the molecule is CC.CN[C@H](C)Cc1c[nH]c2ccccc12.[V]. The number of likely N-dealkylation sites (N-methyl/N-ethyl adjacent to an activating group) is 1. The first-order valence-electron chi connectivity index (χ1n) is 6.03. The Kier molecular flexibility index (Phi) is 8.06. The van der Waals surface area contributed by atoms with Crippen molar-refractivity contribution in [3.63, 3.8) is 0 Å². The van der Waals surface area contributed by atoms with Crippen LogP contribution in [0.3, 0.4) is 0 Å². The second-order valence-electron chi connectivity index (χ2n) is 3.75. The van der Waals surface area contributed by atoms with Gasteiger partial charge in [0.15, 0.2) is 0 Å². The fourth-order valence-corrected chi connectivity index (χ4v) is 1.73. The van der Waals surface area contributed by atoms with Gasteiger partial charge in [-0.05, 0) is 32.0 Å². The molecule has 1 radical (unpaired) electrons. The van der Waals surface area contributed by atoms with Crippen LogP contribution in [0.2, 0.25) is 0 Å². The van der Waals surface area contributed by atoms with E-state index in [2.05, 4.69) is 47.7 Å². The van der Waals surface area contributed by atoms with Crippen molar-refractivity contribution in [3.05, 3.63) is 36.0 Å². The van der Waals surface area contributed by atoms with Crippen molar-refractivity contribution in [2.24, 2.45) is 0 Å². The molecule has 2 aromatic rings. The summed E-state index contributed by atoms with van der Waals surface area (Å²) in [5, 5.41) is 4.60. The van der Waals surface area contributed by atoms with Crippen LogP contribution >= 0.6 is 0 Å². The Labute approximate surface area is 116 Å². The molecule has 0 bridgehead atoms. The first kappa shape index (κ1) is 16.3. The number of fused-ring (bicyclic) bond motifs is 1. The summed E-state index contributed by atoms with van der Waals surface area (Å²) in [6, 6.07) is 8.95. The third-order valence-electron chi connectivity index (χ3n) is 2.69. The third-order valence-corrected chi connectivity index (χ3v) is 2.69. The van der Waals surface area contributed by atoms with Crippen LogP contribution in [0.5, 0.6) is 0 Å². The van der Waals surface area contributed by atoms with E-state index in [1.807, 2.05) is 20.9 Å². The summed E-state index contributed by atoms with van der Waals surface area (Å²) >= 11 is 0. The Morgan fingerprint density at radius 2 is 1.88 bits per heavy atom. The molecule has 0 aliphatic rings. The standard InChI is InChI=1S/C12H16N2.C2H6.V/c1-9(13-2)7-10-8-14-12-6-4-3-5-11(10)12;1-2;/h3-6,8-9,13-14H,7H2,1-2H3;1-2H3;/t9-;;/m1../s1. The van der Waals surface area contributed by atoms with Gasteiger partial charge in [-0.2, -0.15) is 0 Å². The van der Waals surface area contributed by atoms with Gasteiger partial charge in [-0.25, -0.2) is 0 Å². The molecule has 0 fully saturated rings. The minimum Gasteiger partial charge on any atom is -0.361 e. The maximum Gasteiger partial charge on any atom is 0.0456 e. The van der Waals surface area contributed by atoms with Gasteiger partial charge in [-0.15, -0.1) is 0 Å². The zero-order valence-corrected chi connectivity index (χ0v) is 12.5. The zero-order chi connectivity index (χ0) is 12.0. The minimum atomic E-state index is 0. The molecular formula is C14H22N2V. The fourth-order valence-electron chi connectivity index (χ4n) is 1.73. The second kappa shape index (κ2) is 8.40. The van der Waals surface area contributed by atoms with Crippen LogP contribution in [0.15, 0.2) is 30.5 Å². The fraction of sp³-hybridized carbons (Fsp3) is 0.429. The van der Waals surface area contributed by atoms with Crippen LogP contribution in [0, 0.1) is 0 Å². The smallest absolute Gasteiger partial charge is 0.0456 e. The molecule has 0 unspecified atom stereocenters. The van der Waals surface area contributed by atoms with E-state index in [0.717, 1.165) is 6.42 Å². The Hall–Kier alpha value is -0.696. The summed E-state index contributed by atoms with van der Waals surface area (Å²) in [6.07, 6.45) is 3.18. The van der Waals surface area contributed by atoms with Crippen LogP contribution in [0.4, 0.5) is 0 Å². The van der Waals surface area contributed by atoms with E-state index >= 15 is 0 Å². The zero-order valence-electron chi connectivity index (χ0n) is 11.1. The number of aromatic amines is 1. The van der Waals surface area contributed by atoms with Gasteiger partial charge >= 0.3 is 0 Å². The Morgan fingerprint density at radius 1 is 1.24 bits per heavy atom. The van der Waals surface area contributed by atoms with E-state index in [1.165, 1.54) is 16.5 Å². The van der Waals surface area contributed by atoms with E-state index in [4.69, 9.17) is 0 Å².